The van der Waals surface area contributed by atoms with Crippen molar-refractivity contribution in [3.63, 3.8) is 0 Å². The van der Waals surface area contributed by atoms with Crippen LogP contribution in [-0.2, 0) is 0 Å². The summed E-state index contributed by atoms with van der Waals surface area (Å²) in [5.74, 6) is -0.152. The molecule has 0 saturated carbocycles. The van der Waals surface area contributed by atoms with Crippen LogP contribution in [0.15, 0.2) is 24.3 Å². The molecule has 0 aliphatic carbocycles. The molecule has 1 aliphatic heterocycles. The van der Waals surface area contributed by atoms with Crippen molar-refractivity contribution in [2.75, 3.05) is 19.6 Å². The van der Waals surface area contributed by atoms with Crippen molar-refractivity contribution in [3.8, 4) is 0 Å². The van der Waals surface area contributed by atoms with Gasteiger partial charge in [-0.2, -0.15) is 0 Å². The molecule has 0 aromatic heterocycles. The van der Waals surface area contributed by atoms with Gasteiger partial charge in [-0.25, -0.2) is 4.39 Å². The first kappa shape index (κ1) is 13.5. The highest BCUT2D eigenvalue weighted by atomic mass is 19.1. The molecule has 1 N–H and O–H groups in total. The Morgan fingerprint density at radius 1 is 1.33 bits per heavy atom. The first-order valence-electron chi connectivity index (χ1n) is 6.97. The molecule has 2 nitrogen and oxygen atoms in total. The fraction of sp³-hybridized carbons (Fsp3) is 0.600. The zero-order chi connectivity index (χ0) is 13.0. The SMILES string of the molecule is CCN[C@@H]1CCN(CC)[C@H](c2ccc(F)cc2)C1.[HH]. The molecule has 3 heteroatoms. The van der Waals surface area contributed by atoms with Gasteiger partial charge in [0.25, 0.3) is 0 Å². The number of likely N-dealkylation sites (tertiary alicyclic amines) is 1. The van der Waals surface area contributed by atoms with Crippen LogP contribution in [0.3, 0.4) is 0 Å². The second-order valence-corrected chi connectivity index (χ2v) is 4.97. The van der Waals surface area contributed by atoms with Gasteiger partial charge in [0.15, 0.2) is 0 Å². The average Bonchev–Trinajstić information content (AvgIpc) is 2.40. The number of piperidine rings is 1. The summed E-state index contributed by atoms with van der Waals surface area (Å²) < 4.78 is 13.0. The Bertz CT molecular complexity index is 369. The van der Waals surface area contributed by atoms with Crippen molar-refractivity contribution in [3.05, 3.63) is 35.6 Å². The normalized spacial score (nSPS) is 25.3. The lowest BCUT2D eigenvalue weighted by Gasteiger charge is -2.39. The van der Waals surface area contributed by atoms with E-state index >= 15 is 0 Å². The molecule has 1 fully saturated rings. The Morgan fingerprint density at radius 2 is 2.06 bits per heavy atom. The van der Waals surface area contributed by atoms with E-state index < -0.39 is 0 Å². The van der Waals surface area contributed by atoms with Gasteiger partial charge in [-0.15, -0.1) is 0 Å². The van der Waals surface area contributed by atoms with Crippen molar-refractivity contribution in [1.29, 1.82) is 0 Å². The van der Waals surface area contributed by atoms with E-state index in [9.17, 15) is 4.39 Å². The molecule has 1 saturated heterocycles. The summed E-state index contributed by atoms with van der Waals surface area (Å²) in [6.07, 6.45) is 2.33. The van der Waals surface area contributed by atoms with Crippen LogP contribution in [0, 0.1) is 5.82 Å². The zero-order valence-corrected chi connectivity index (χ0v) is 11.3. The van der Waals surface area contributed by atoms with Gasteiger partial charge in [-0.3, -0.25) is 4.90 Å². The van der Waals surface area contributed by atoms with Crippen molar-refractivity contribution in [2.45, 2.75) is 38.8 Å². The predicted molar refractivity (Wildman–Crippen MR) is 75.2 cm³/mol. The molecule has 102 valence electrons. The molecule has 0 radical (unpaired) electrons. The zero-order valence-electron chi connectivity index (χ0n) is 11.3. The van der Waals surface area contributed by atoms with E-state index in [1.807, 2.05) is 12.1 Å². The van der Waals surface area contributed by atoms with E-state index in [0.29, 0.717) is 12.1 Å². The van der Waals surface area contributed by atoms with E-state index in [1.165, 1.54) is 12.0 Å². The third-order valence-electron chi connectivity index (χ3n) is 3.87. The van der Waals surface area contributed by atoms with Gasteiger partial charge in [-0.1, -0.05) is 26.0 Å². The first-order valence-corrected chi connectivity index (χ1v) is 6.97. The van der Waals surface area contributed by atoms with Crippen LogP contribution in [0.5, 0.6) is 0 Å². The minimum absolute atomic E-state index is 0. The summed E-state index contributed by atoms with van der Waals surface area (Å²) in [5, 5.41) is 3.54. The Balaban J connectivity index is 0.00000180. The third-order valence-corrected chi connectivity index (χ3v) is 3.87. The molecule has 2 atom stereocenters. The van der Waals surface area contributed by atoms with E-state index in [-0.39, 0.29) is 7.24 Å². The fourth-order valence-electron chi connectivity index (χ4n) is 2.90. The largest absolute Gasteiger partial charge is 0.314 e. The fourth-order valence-corrected chi connectivity index (χ4v) is 2.90. The highest BCUT2D eigenvalue weighted by Crippen LogP contribution is 2.30. The lowest BCUT2D eigenvalue weighted by molar-refractivity contribution is 0.132. The topological polar surface area (TPSA) is 15.3 Å². The van der Waals surface area contributed by atoms with Gasteiger partial charge in [-0.05, 0) is 43.6 Å². The highest BCUT2D eigenvalue weighted by molar-refractivity contribution is 5.21. The van der Waals surface area contributed by atoms with Crippen molar-refractivity contribution < 1.29 is 5.82 Å². The minimum Gasteiger partial charge on any atom is -0.314 e. The number of hydrogen-bond acceptors (Lipinski definition) is 2. The van der Waals surface area contributed by atoms with Gasteiger partial charge in [0.2, 0.25) is 0 Å². The first-order chi connectivity index (χ1) is 8.74. The second-order valence-electron chi connectivity index (χ2n) is 4.97. The number of hydrogen-bond donors (Lipinski definition) is 1. The smallest absolute Gasteiger partial charge is 0.123 e. The van der Waals surface area contributed by atoms with Gasteiger partial charge in [0, 0.05) is 20.1 Å². The summed E-state index contributed by atoms with van der Waals surface area (Å²) in [6.45, 7) is 7.55. The molecule has 0 amide bonds. The van der Waals surface area contributed by atoms with Crippen molar-refractivity contribution >= 4 is 0 Å². The van der Waals surface area contributed by atoms with Gasteiger partial charge in [0.1, 0.15) is 5.82 Å². The Labute approximate surface area is 111 Å². The molecule has 18 heavy (non-hydrogen) atoms. The highest BCUT2D eigenvalue weighted by Gasteiger charge is 2.27. The summed E-state index contributed by atoms with van der Waals surface area (Å²) in [5.41, 5.74) is 1.24. The predicted octanol–water partition coefficient (Wildman–Crippen LogP) is 3.21. The molecule has 0 spiro atoms. The van der Waals surface area contributed by atoms with Gasteiger partial charge < -0.3 is 5.32 Å². The molecule has 0 unspecified atom stereocenters. The summed E-state index contributed by atoms with van der Waals surface area (Å²) >= 11 is 0. The maximum atomic E-state index is 13.0. The standard InChI is InChI=1S/C15H23FN2.H2/c1-3-17-14-9-10-18(4-2)15(11-14)12-5-7-13(16)8-6-12;/h5-8,14-15,17H,3-4,9-11H2,1-2H3;1H/t14-,15+;/m1./s1. The number of nitrogens with zero attached hydrogens (tertiary/aromatic N) is 1. The van der Waals surface area contributed by atoms with Crippen LogP contribution >= 0.6 is 0 Å². The molecular formula is C15H25FN2. The molecule has 1 heterocycles. The summed E-state index contributed by atoms with van der Waals surface area (Å²) in [7, 11) is 0. The van der Waals surface area contributed by atoms with Gasteiger partial charge in [0.05, 0.1) is 0 Å². The monoisotopic (exact) mass is 252 g/mol. The van der Waals surface area contributed by atoms with Gasteiger partial charge >= 0.3 is 0 Å². The Kier molecular flexibility index (Phi) is 4.72. The summed E-state index contributed by atoms with van der Waals surface area (Å²) in [6, 6.07) is 8.01. The molecule has 1 aromatic carbocycles. The van der Waals surface area contributed by atoms with Crippen LogP contribution in [0.1, 0.15) is 39.7 Å². The van der Waals surface area contributed by atoms with E-state index in [4.69, 9.17) is 0 Å². The van der Waals surface area contributed by atoms with E-state index in [1.54, 1.807) is 12.1 Å². The van der Waals surface area contributed by atoms with Crippen LogP contribution in [-0.4, -0.2) is 30.6 Å². The number of halogens is 1. The molecule has 0 bridgehead atoms. The quantitative estimate of drug-likeness (QED) is 0.885. The van der Waals surface area contributed by atoms with E-state index in [2.05, 4.69) is 24.1 Å². The van der Waals surface area contributed by atoms with Crippen LogP contribution in [0.25, 0.3) is 0 Å². The molecular weight excluding hydrogens is 227 g/mol. The number of benzene rings is 1. The number of rotatable bonds is 4. The van der Waals surface area contributed by atoms with Crippen molar-refractivity contribution in [1.82, 2.24) is 10.2 Å². The second kappa shape index (κ2) is 6.30. The minimum atomic E-state index is -0.152. The van der Waals surface area contributed by atoms with Crippen LogP contribution in [0.4, 0.5) is 4.39 Å². The molecule has 1 aromatic rings. The lowest BCUT2D eigenvalue weighted by atomic mass is 9.91. The number of nitrogens with one attached hydrogen (secondary N) is 1. The molecule has 1 aliphatic rings. The summed E-state index contributed by atoms with van der Waals surface area (Å²) in [4.78, 5) is 2.49. The van der Waals surface area contributed by atoms with Crippen LogP contribution < -0.4 is 5.32 Å². The van der Waals surface area contributed by atoms with Crippen molar-refractivity contribution in [2.24, 2.45) is 0 Å². The Hall–Kier alpha value is -0.930. The Morgan fingerprint density at radius 3 is 2.67 bits per heavy atom. The molecule has 2 rings (SSSR count). The maximum Gasteiger partial charge on any atom is 0.123 e. The van der Waals surface area contributed by atoms with Crippen LogP contribution in [0.2, 0.25) is 0 Å². The third kappa shape index (κ3) is 3.09. The van der Waals surface area contributed by atoms with E-state index in [0.717, 1.165) is 26.1 Å². The maximum absolute atomic E-state index is 13.0. The lowest BCUT2D eigenvalue weighted by Crippen LogP contribution is -2.44. The average molecular weight is 252 g/mol.